The van der Waals surface area contributed by atoms with Crippen LogP contribution in [0.1, 0.15) is 42.1 Å². The van der Waals surface area contributed by atoms with Crippen LogP contribution < -0.4 is 15.0 Å². The van der Waals surface area contributed by atoms with Gasteiger partial charge < -0.3 is 10.1 Å². The Hall–Kier alpha value is -2.41. The summed E-state index contributed by atoms with van der Waals surface area (Å²) in [5.41, 5.74) is 3.03. The molecule has 0 saturated carbocycles. The third-order valence-corrected chi connectivity index (χ3v) is 5.50. The van der Waals surface area contributed by atoms with Crippen LogP contribution in [0.15, 0.2) is 29.8 Å². The van der Waals surface area contributed by atoms with Gasteiger partial charge in [-0.25, -0.2) is 4.98 Å². The quantitative estimate of drug-likeness (QED) is 0.874. The monoisotopic (exact) mass is 373 g/mol. The van der Waals surface area contributed by atoms with E-state index in [-0.39, 0.29) is 24.4 Å². The first-order chi connectivity index (χ1) is 12.5. The second-order valence-corrected chi connectivity index (χ2v) is 7.13. The maximum Gasteiger partial charge on any atom is 0.270 e. The van der Waals surface area contributed by atoms with Gasteiger partial charge >= 0.3 is 0 Å². The Morgan fingerprint density at radius 1 is 1.35 bits per heavy atom. The number of aromatic nitrogens is 1. The van der Waals surface area contributed by atoms with Crippen molar-refractivity contribution in [2.75, 3.05) is 11.4 Å². The third kappa shape index (κ3) is 3.58. The lowest BCUT2D eigenvalue weighted by Gasteiger charge is -2.34. The van der Waals surface area contributed by atoms with Crippen molar-refractivity contribution in [2.45, 2.75) is 45.8 Å². The maximum absolute atomic E-state index is 13.1. The first kappa shape index (κ1) is 18.4. The molecule has 0 spiro atoms. The fourth-order valence-corrected chi connectivity index (χ4v) is 3.73. The Morgan fingerprint density at radius 3 is 2.73 bits per heavy atom. The molecular weight excluding hydrogens is 350 g/mol. The fraction of sp³-hybridized carbons (Fsp3) is 0.421. The molecule has 1 aliphatic heterocycles. The van der Waals surface area contributed by atoms with E-state index in [0.717, 1.165) is 12.8 Å². The summed E-state index contributed by atoms with van der Waals surface area (Å²) in [6, 6.07) is 7.41. The maximum atomic E-state index is 13.1. The van der Waals surface area contributed by atoms with Gasteiger partial charge in [-0.15, -0.1) is 11.3 Å². The number of para-hydroxylation sites is 2. The summed E-state index contributed by atoms with van der Waals surface area (Å²) in [7, 11) is 0. The molecular formula is C19H23N3O3S. The van der Waals surface area contributed by atoms with Crippen molar-refractivity contribution in [1.82, 2.24) is 10.3 Å². The van der Waals surface area contributed by atoms with Crippen LogP contribution in [-0.4, -0.2) is 35.5 Å². The normalized spacial score (nSPS) is 16.2. The third-order valence-electron chi connectivity index (χ3n) is 4.58. The highest BCUT2D eigenvalue weighted by molar-refractivity contribution is 7.12. The van der Waals surface area contributed by atoms with Crippen molar-refractivity contribution >= 4 is 28.8 Å². The van der Waals surface area contributed by atoms with E-state index in [9.17, 15) is 9.59 Å². The molecule has 2 amide bonds. The predicted molar refractivity (Wildman–Crippen MR) is 102 cm³/mol. The minimum Gasteiger partial charge on any atom is -0.477 e. The van der Waals surface area contributed by atoms with Crippen molar-refractivity contribution in [3.8, 4) is 5.75 Å². The van der Waals surface area contributed by atoms with Crippen molar-refractivity contribution in [3.63, 3.8) is 0 Å². The average Bonchev–Trinajstić information content (AvgIpc) is 3.10. The average molecular weight is 373 g/mol. The number of amides is 2. The van der Waals surface area contributed by atoms with Gasteiger partial charge in [-0.05, 0) is 31.9 Å². The van der Waals surface area contributed by atoms with Gasteiger partial charge in [0.05, 0.1) is 23.4 Å². The zero-order valence-electron chi connectivity index (χ0n) is 15.2. The molecule has 0 fully saturated rings. The van der Waals surface area contributed by atoms with Crippen molar-refractivity contribution < 1.29 is 14.3 Å². The number of nitrogens with zero attached hydrogens (tertiary/aromatic N) is 2. The van der Waals surface area contributed by atoms with Crippen LogP contribution in [0, 0.1) is 6.92 Å². The molecule has 2 aromatic rings. The summed E-state index contributed by atoms with van der Waals surface area (Å²) in [6.45, 7) is 6.06. The Balaban J connectivity index is 1.88. The van der Waals surface area contributed by atoms with Crippen LogP contribution in [0.5, 0.6) is 5.75 Å². The number of fused-ring (bicyclic) bond motifs is 1. The summed E-state index contributed by atoms with van der Waals surface area (Å²) < 4.78 is 5.89. The van der Waals surface area contributed by atoms with Gasteiger partial charge in [0.1, 0.15) is 10.6 Å². The molecule has 1 aliphatic rings. The van der Waals surface area contributed by atoms with E-state index < -0.39 is 6.10 Å². The zero-order valence-corrected chi connectivity index (χ0v) is 16.0. The van der Waals surface area contributed by atoms with E-state index in [1.807, 2.05) is 39.0 Å². The van der Waals surface area contributed by atoms with Crippen molar-refractivity contribution in [2.24, 2.45) is 0 Å². The van der Waals surface area contributed by atoms with Crippen LogP contribution in [0.4, 0.5) is 5.69 Å². The van der Waals surface area contributed by atoms with Gasteiger partial charge in [-0.3, -0.25) is 14.5 Å². The number of carbonyl (C=O) groups excluding carboxylic acids is 2. The molecule has 1 aromatic carbocycles. The van der Waals surface area contributed by atoms with Gasteiger partial charge in [0.25, 0.3) is 11.8 Å². The second kappa shape index (κ2) is 7.86. The topological polar surface area (TPSA) is 71.5 Å². The molecule has 6 nitrogen and oxygen atoms in total. The van der Waals surface area contributed by atoms with Crippen LogP contribution >= 0.6 is 11.3 Å². The largest absolute Gasteiger partial charge is 0.477 e. The lowest BCUT2D eigenvalue weighted by molar-refractivity contribution is -0.128. The first-order valence-corrected chi connectivity index (χ1v) is 9.71. The molecule has 2 heterocycles. The highest BCUT2D eigenvalue weighted by atomic mass is 32.1. The Bertz CT molecular complexity index is 801. The molecule has 0 aliphatic carbocycles. The van der Waals surface area contributed by atoms with E-state index in [2.05, 4.69) is 10.3 Å². The number of anilines is 1. The molecule has 26 heavy (non-hydrogen) atoms. The van der Waals surface area contributed by atoms with Crippen molar-refractivity contribution in [1.29, 1.82) is 0 Å². The van der Waals surface area contributed by atoms with E-state index in [1.165, 1.54) is 11.3 Å². The smallest absolute Gasteiger partial charge is 0.270 e. The molecule has 1 aromatic heterocycles. The number of thiazole rings is 1. The predicted octanol–water partition coefficient (Wildman–Crippen LogP) is 3.16. The number of rotatable bonds is 5. The molecule has 3 rings (SSSR count). The van der Waals surface area contributed by atoms with E-state index >= 15 is 0 Å². The molecule has 0 bridgehead atoms. The molecule has 0 saturated heterocycles. The Kier molecular flexibility index (Phi) is 5.56. The van der Waals surface area contributed by atoms with Crippen LogP contribution in [0.2, 0.25) is 0 Å². The van der Waals surface area contributed by atoms with Crippen molar-refractivity contribution in [3.05, 3.63) is 40.3 Å². The molecule has 7 heteroatoms. The molecule has 0 radical (unpaired) electrons. The Morgan fingerprint density at radius 2 is 2.08 bits per heavy atom. The minimum atomic E-state index is -0.734. The van der Waals surface area contributed by atoms with Gasteiger partial charge in [-0.1, -0.05) is 26.0 Å². The fourth-order valence-electron chi connectivity index (χ4n) is 2.98. The summed E-state index contributed by atoms with van der Waals surface area (Å²) in [5.74, 6) is 0.201. The summed E-state index contributed by atoms with van der Waals surface area (Å²) >= 11 is 1.31. The van der Waals surface area contributed by atoms with E-state index in [4.69, 9.17) is 4.74 Å². The molecule has 1 N–H and O–H groups in total. The van der Waals surface area contributed by atoms with Gasteiger partial charge in [0.15, 0.2) is 6.10 Å². The number of nitrogens with one attached hydrogen (secondary N) is 1. The highest BCUT2D eigenvalue weighted by Gasteiger charge is 2.35. The highest BCUT2D eigenvalue weighted by Crippen LogP contribution is 2.34. The SMILES string of the molecule is CCC(CC)NC(=O)C1CN(C(=O)c2scnc2C)c2ccccc2O1. The number of hydrogen-bond donors (Lipinski definition) is 1. The minimum absolute atomic E-state index is 0.108. The lowest BCUT2D eigenvalue weighted by Crippen LogP contribution is -2.52. The number of hydrogen-bond acceptors (Lipinski definition) is 5. The zero-order chi connectivity index (χ0) is 18.7. The first-order valence-electron chi connectivity index (χ1n) is 8.83. The number of benzene rings is 1. The number of ether oxygens (including phenoxy) is 1. The summed E-state index contributed by atoms with van der Waals surface area (Å²) in [6.07, 6.45) is 0.977. The second-order valence-electron chi connectivity index (χ2n) is 6.28. The van der Waals surface area contributed by atoms with Crippen LogP contribution in [-0.2, 0) is 4.79 Å². The van der Waals surface area contributed by atoms with Gasteiger partial charge in [-0.2, -0.15) is 0 Å². The Labute approximate surface area is 157 Å². The summed E-state index contributed by atoms with van der Waals surface area (Å²) in [4.78, 5) is 32.1. The van der Waals surface area contributed by atoms with E-state index in [1.54, 1.807) is 16.5 Å². The summed E-state index contributed by atoms with van der Waals surface area (Å²) in [5, 5.41) is 3.01. The van der Waals surface area contributed by atoms with Crippen LogP contribution in [0.25, 0.3) is 0 Å². The molecule has 138 valence electrons. The van der Waals surface area contributed by atoms with E-state index in [0.29, 0.717) is 22.0 Å². The van der Waals surface area contributed by atoms with Crippen LogP contribution in [0.3, 0.4) is 0 Å². The standard InChI is InChI=1S/C19H23N3O3S/c1-4-13(5-2)21-18(23)16-10-22(14-8-6-7-9-15(14)25-16)19(24)17-12(3)20-11-26-17/h6-9,11,13,16H,4-5,10H2,1-3H3,(H,21,23). The molecule has 1 atom stereocenters. The van der Waals surface area contributed by atoms with Gasteiger partial charge in [0.2, 0.25) is 0 Å². The lowest BCUT2D eigenvalue weighted by atomic mass is 10.1. The number of aryl methyl sites for hydroxylation is 1. The molecule has 1 unspecified atom stereocenters. The van der Waals surface area contributed by atoms with Gasteiger partial charge in [0, 0.05) is 6.04 Å². The number of carbonyl (C=O) groups is 2.